The van der Waals surface area contributed by atoms with Gasteiger partial charge in [-0.05, 0) is 13.0 Å². The van der Waals surface area contributed by atoms with E-state index in [1.807, 2.05) is 0 Å². The highest BCUT2D eigenvalue weighted by Gasteiger charge is 2.38. The molecule has 2 N–H and O–H groups in total. The van der Waals surface area contributed by atoms with Gasteiger partial charge in [-0.25, -0.2) is 9.97 Å². The average Bonchev–Trinajstić information content (AvgIpc) is 2.90. The lowest BCUT2D eigenvalue weighted by Crippen LogP contribution is -2.28. The molecule has 9 heteroatoms. The quantitative estimate of drug-likeness (QED) is 0.805. The summed E-state index contributed by atoms with van der Waals surface area (Å²) in [6.07, 6.45) is -2.94. The highest BCUT2D eigenvalue weighted by Crippen LogP contribution is 2.33. The molecule has 0 spiro atoms. The Hall–Kier alpha value is -2.03. The van der Waals surface area contributed by atoms with Crippen LogP contribution >= 0.6 is 0 Å². The van der Waals surface area contributed by atoms with Crippen molar-refractivity contribution >= 4 is 0 Å². The van der Waals surface area contributed by atoms with Gasteiger partial charge in [-0.2, -0.15) is 28.6 Å². The smallest absolute Gasteiger partial charge is 0.311 e. The van der Waals surface area contributed by atoms with Crippen molar-refractivity contribution < 1.29 is 13.2 Å². The predicted octanol–water partition coefficient (Wildman–Crippen LogP) is 0.926. The molecule has 0 fully saturated rings. The van der Waals surface area contributed by atoms with Crippen molar-refractivity contribution in [2.75, 3.05) is 6.54 Å². The lowest BCUT2D eigenvalue weighted by Gasteiger charge is -2.20. The minimum absolute atomic E-state index is 0.0662. The number of hydrogen-bond acceptors (Lipinski definition) is 5. The zero-order valence-electron chi connectivity index (χ0n) is 9.62. The van der Waals surface area contributed by atoms with Gasteiger partial charge in [0.25, 0.3) is 0 Å². The summed E-state index contributed by atoms with van der Waals surface area (Å²) in [6, 6.07) is 0. The van der Waals surface area contributed by atoms with Crippen LogP contribution in [0.4, 0.5) is 13.2 Å². The van der Waals surface area contributed by atoms with Crippen molar-refractivity contribution in [3.8, 4) is 11.5 Å². The molecule has 0 unspecified atom stereocenters. The van der Waals surface area contributed by atoms with Gasteiger partial charge in [-0.15, -0.1) is 0 Å². The lowest BCUT2D eigenvalue weighted by molar-refractivity contribution is -0.142. The molecule has 3 heterocycles. The first-order valence-corrected chi connectivity index (χ1v) is 5.59. The minimum Gasteiger partial charge on any atom is -0.311 e. The van der Waals surface area contributed by atoms with Gasteiger partial charge < -0.3 is 5.32 Å². The molecule has 0 saturated heterocycles. The predicted molar refractivity (Wildman–Crippen MR) is 57.8 cm³/mol. The Labute approximate surface area is 105 Å². The first-order chi connectivity index (χ1) is 9.05. The third-order valence-corrected chi connectivity index (χ3v) is 2.85. The summed E-state index contributed by atoms with van der Waals surface area (Å²) in [5.74, 6) is -0.0662. The van der Waals surface area contributed by atoms with E-state index in [1.165, 1.54) is 6.20 Å². The molecule has 1 aliphatic rings. The minimum atomic E-state index is -4.50. The number of nitrogens with one attached hydrogen (secondary N) is 2. The number of alkyl halides is 3. The maximum absolute atomic E-state index is 13.0. The number of fused-ring (bicyclic) bond motifs is 1. The summed E-state index contributed by atoms with van der Waals surface area (Å²) in [6.45, 7) is 0.786. The maximum atomic E-state index is 13.0. The van der Waals surface area contributed by atoms with E-state index in [2.05, 4.69) is 30.7 Å². The van der Waals surface area contributed by atoms with E-state index in [0.29, 0.717) is 18.8 Å². The number of aromatic nitrogens is 5. The molecular weight excluding hydrogens is 261 g/mol. The SMILES string of the molecule is FC(F)(F)c1nc(-c2cn[nH]n2)nc2c1CCNC2. The molecule has 3 rings (SSSR count). The van der Waals surface area contributed by atoms with E-state index in [4.69, 9.17) is 0 Å². The topological polar surface area (TPSA) is 79.4 Å². The molecule has 0 amide bonds. The highest BCUT2D eigenvalue weighted by atomic mass is 19.4. The Morgan fingerprint density at radius 2 is 2.05 bits per heavy atom. The number of H-pyrrole nitrogens is 1. The summed E-state index contributed by atoms with van der Waals surface area (Å²) in [5, 5.41) is 12.6. The second-order valence-corrected chi connectivity index (χ2v) is 4.10. The summed E-state index contributed by atoms with van der Waals surface area (Å²) in [4.78, 5) is 7.75. The van der Waals surface area contributed by atoms with E-state index < -0.39 is 11.9 Å². The summed E-state index contributed by atoms with van der Waals surface area (Å²) in [5.41, 5.74) is -0.152. The Balaban J connectivity index is 2.19. The fourth-order valence-corrected chi connectivity index (χ4v) is 2.02. The van der Waals surface area contributed by atoms with Crippen LogP contribution in [0.5, 0.6) is 0 Å². The first-order valence-electron chi connectivity index (χ1n) is 5.59. The van der Waals surface area contributed by atoms with Crippen molar-refractivity contribution in [3.63, 3.8) is 0 Å². The van der Waals surface area contributed by atoms with Crippen LogP contribution in [0.2, 0.25) is 0 Å². The third kappa shape index (κ3) is 2.16. The monoisotopic (exact) mass is 270 g/mol. The Morgan fingerprint density at radius 3 is 2.74 bits per heavy atom. The third-order valence-electron chi connectivity index (χ3n) is 2.85. The van der Waals surface area contributed by atoms with Gasteiger partial charge in [0.15, 0.2) is 11.5 Å². The van der Waals surface area contributed by atoms with Gasteiger partial charge in [-0.1, -0.05) is 0 Å². The Bertz CT molecular complexity index is 592. The van der Waals surface area contributed by atoms with E-state index in [0.717, 1.165) is 0 Å². The molecule has 2 aromatic rings. The van der Waals surface area contributed by atoms with Crippen molar-refractivity contribution in [1.82, 2.24) is 30.7 Å². The van der Waals surface area contributed by atoms with Crippen LogP contribution < -0.4 is 5.32 Å². The van der Waals surface area contributed by atoms with Gasteiger partial charge >= 0.3 is 6.18 Å². The summed E-state index contributed by atoms with van der Waals surface area (Å²) >= 11 is 0. The number of rotatable bonds is 1. The molecule has 1 aliphatic heterocycles. The van der Waals surface area contributed by atoms with Crippen molar-refractivity contribution in [1.29, 1.82) is 0 Å². The van der Waals surface area contributed by atoms with Crippen molar-refractivity contribution in [3.05, 3.63) is 23.1 Å². The zero-order chi connectivity index (χ0) is 13.5. The molecule has 19 heavy (non-hydrogen) atoms. The molecule has 100 valence electrons. The fourth-order valence-electron chi connectivity index (χ4n) is 2.02. The second-order valence-electron chi connectivity index (χ2n) is 4.10. The molecule has 0 aromatic carbocycles. The second kappa shape index (κ2) is 4.26. The molecule has 0 bridgehead atoms. The van der Waals surface area contributed by atoms with Crippen molar-refractivity contribution in [2.24, 2.45) is 0 Å². The molecule has 6 nitrogen and oxygen atoms in total. The zero-order valence-corrected chi connectivity index (χ0v) is 9.62. The van der Waals surface area contributed by atoms with Crippen LogP contribution in [0, 0.1) is 0 Å². The van der Waals surface area contributed by atoms with Crippen LogP contribution in [0.3, 0.4) is 0 Å². The number of halogens is 3. The van der Waals surface area contributed by atoms with Crippen LogP contribution in [-0.4, -0.2) is 31.9 Å². The first kappa shape index (κ1) is 12.0. The van der Waals surface area contributed by atoms with Gasteiger partial charge in [0, 0.05) is 12.1 Å². The lowest BCUT2D eigenvalue weighted by atomic mass is 10.0. The molecule has 0 aliphatic carbocycles. The molecule has 2 aromatic heterocycles. The Morgan fingerprint density at radius 1 is 1.21 bits per heavy atom. The van der Waals surface area contributed by atoms with Gasteiger partial charge in [0.1, 0.15) is 5.69 Å². The standard InChI is InChI=1S/C10H9F3N6/c11-10(12,13)8-5-1-2-14-3-6(5)16-9(17-8)7-4-15-19-18-7/h4,14H,1-3H2,(H,15,18,19). The maximum Gasteiger partial charge on any atom is 0.433 e. The van der Waals surface area contributed by atoms with Crippen molar-refractivity contribution in [2.45, 2.75) is 19.1 Å². The highest BCUT2D eigenvalue weighted by molar-refractivity contribution is 5.49. The summed E-state index contributed by atoms with van der Waals surface area (Å²) < 4.78 is 39.1. The van der Waals surface area contributed by atoms with E-state index in [1.54, 1.807) is 0 Å². The largest absolute Gasteiger partial charge is 0.433 e. The van der Waals surface area contributed by atoms with Crippen LogP contribution in [0.25, 0.3) is 11.5 Å². The van der Waals surface area contributed by atoms with E-state index in [-0.39, 0.29) is 23.5 Å². The van der Waals surface area contributed by atoms with Crippen LogP contribution in [-0.2, 0) is 19.1 Å². The average molecular weight is 270 g/mol. The van der Waals surface area contributed by atoms with Gasteiger partial charge in [0.2, 0.25) is 0 Å². The molecule has 0 radical (unpaired) electrons. The fraction of sp³-hybridized carbons (Fsp3) is 0.400. The summed E-state index contributed by atoms with van der Waals surface area (Å²) in [7, 11) is 0. The normalized spacial score (nSPS) is 15.3. The Kier molecular flexibility index (Phi) is 2.70. The molecule has 0 atom stereocenters. The van der Waals surface area contributed by atoms with E-state index in [9.17, 15) is 13.2 Å². The van der Waals surface area contributed by atoms with E-state index >= 15 is 0 Å². The van der Waals surface area contributed by atoms with Crippen LogP contribution in [0.1, 0.15) is 17.0 Å². The number of aromatic amines is 1. The van der Waals surface area contributed by atoms with Gasteiger partial charge in [-0.3, -0.25) is 0 Å². The number of hydrogen-bond donors (Lipinski definition) is 2. The number of nitrogens with zero attached hydrogens (tertiary/aromatic N) is 4. The van der Waals surface area contributed by atoms with Gasteiger partial charge in [0.05, 0.1) is 11.9 Å². The molecular formula is C10H9F3N6. The van der Waals surface area contributed by atoms with Crippen LogP contribution in [0.15, 0.2) is 6.20 Å². The molecule has 0 saturated carbocycles.